The van der Waals surface area contributed by atoms with Gasteiger partial charge in [-0.25, -0.2) is 0 Å². The summed E-state index contributed by atoms with van der Waals surface area (Å²) >= 11 is 0. The van der Waals surface area contributed by atoms with Crippen LogP contribution in [0.4, 0.5) is 0 Å². The first-order valence-electron chi connectivity index (χ1n) is 10.8. The maximum Gasteiger partial charge on any atom is 0.227 e. The summed E-state index contributed by atoms with van der Waals surface area (Å²) in [4.78, 5) is 17.7. The third kappa shape index (κ3) is 4.47. The van der Waals surface area contributed by atoms with Crippen molar-refractivity contribution in [1.29, 1.82) is 0 Å². The number of carbonyl (C=O) groups is 1. The lowest BCUT2D eigenvalue weighted by atomic mass is 9.98. The number of hydrogen-bond donors (Lipinski definition) is 0. The molecule has 0 aliphatic carbocycles. The van der Waals surface area contributed by atoms with E-state index in [4.69, 9.17) is 0 Å². The lowest BCUT2D eigenvalue weighted by Gasteiger charge is -2.36. The van der Waals surface area contributed by atoms with Crippen molar-refractivity contribution in [2.24, 2.45) is 5.92 Å². The van der Waals surface area contributed by atoms with Crippen LogP contribution in [0, 0.1) is 5.92 Å². The first kappa shape index (κ1) is 20.4. The van der Waals surface area contributed by atoms with Gasteiger partial charge in [0.1, 0.15) is 0 Å². The SMILES string of the molecule is C[C@@H]1C(=O)N(Cc2ccccc2)C[C@@H]1N(Cc1ccccc1)[C@@H](C)c1ccccc1. The van der Waals surface area contributed by atoms with Gasteiger partial charge in [0, 0.05) is 31.7 Å². The Labute approximate surface area is 180 Å². The van der Waals surface area contributed by atoms with E-state index in [2.05, 4.69) is 91.5 Å². The highest BCUT2D eigenvalue weighted by molar-refractivity contribution is 5.81. The predicted molar refractivity (Wildman–Crippen MR) is 122 cm³/mol. The van der Waals surface area contributed by atoms with Gasteiger partial charge >= 0.3 is 0 Å². The molecule has 0 N–H and O–H groups in total. The zero-order chi connectivity index (χ0) is 20.9. The summed E-state index contributed by atoms with van der Waals surface area (Å²) in [6.07, 6.45) is 0. The fourth-order valence-corrected chi connectivity index (χ4v) is 4.52. The number of amides is 1. The lowest BCUT2D eigenvalue weighted by Crippen LogP contribution is -2.41. The summed E-state index contributed by atoms with van der Waals surface area (Å²) in [6, 6.07) is 31.9. The molecule has 1 saturated heterocycles. The minimum absolute atomic E-state index is 0.0245. The molecule has 0 bridgehead atoms. The molecule has 0 unspecified atom stereocenters. The number of carbonyl (C=O) groups excluding carboxylic acids is 1. The molecule has 3 nitrogen and oxygen atoms in total. The summed E-state index contributed by atoms with van der Waals surface area (Å²) < 4.78 is 0. The topological polar surface area (TPSA) is 23.6 Å². The van der Waals surface area contributed by atoms with Gasteiger partial charge in [0.25, 0.3) is 0 Å². The highest BCUT2D eigenvalue weighted by Crippen LogP contribution is 2.32. The van der Waals surface area contributed by atoms with Crippen molar-refractivity contribution < 1.29 is 4.79 Å². The molecular formula is C27H30N2O. The number of nitrogens with zero attached hydrogens (tertiary/aromatic N) is 2. The number of benzene rings is 3. The van der Waals surface area contributed by atoms with Crippen LogP contribution in [-0.4, -0.2) is 28.3 Å². The van der Waals surface area contributed by atoms with E-state index in [1.807, 2.05) is 23.1 Å². The zero-order valence-corrected chi connectivity index (χ0v) is 17.8. The lowest BCUT2D eigenvalue weighted by molar-refractivity contribution is -0.131. The summed E-state index contributed by atoms with van der Waals surface area (Å²) in [5.74, 6) is 0.228. The maximum atomic E-state index is 13.1. The molecule has 0 spiro atoms. The second kappa shape index (κ2) is 9.27. The molecule has 1 aliphatic heterocycles. The molecule has 0 radical (unpaired) electrons. The Kier molecular flexibility index (Phi) is 6.29. The van der Waals surface area contributed by atoms with E-state index in [-0.39, 0.29) is 23.9 Å². The third-order valence-corrected chi connectivity index (χ3v) is 6.32. The van der Waals surface area contributed by atoms with Crippen molar-refractivity contribution in [3.05, 3.63) is 108 Å². The Bertz CT molecular complexity index is 942. The fraction of sp³-hybridized carbons (Fsp3) is 0.296. The zero-order valence-electron chi connectivity index (χ0n) is 17.8. The normalized spacial score (nSPS) is 20.0. The van der Waals surface area contributed by atoms with Crippen molar-refractivity contribution >= 4 is 5.91 Å². The first-order chi connectivity index (χ1) is 14.6. The van der Waals surface area contributed by atoms with Crippen molar-refractivity contribution in [1.82, 2.24) is 9.80 Å². The standard InChI is InChI=1S/C27H30N2O/c1-21-26(20-28(27(21)30)18-23-12-6-3-7-13-23)29(19-24-14-8-4-9-15-24)22(2)25-16-10-5-11-17-25/h3-17,21-22,26H,18-20H2,1-2H3/t21-,22-,26-/m0/s1. The molecule has 30 heavy (non-hydrogen) atoms. The molecule has 4 rings (SSSR count). The highest BCUT2D eigenvalue weighted by Gasteiger charge is 2.41. The van der Waals surface area contributed by atoms with E-state index < -0.39 is 0 Å². The molecule has 3 atom stereocenters. The average molecular weight is 399 g/mol. The van der Waals surface area contributed by atoms with Crippen LogP contribution in [0.2, 0.25) is 0 Å². The highest BCUT2D eigenvalue weighted by atomic mass is 16.2. The number of rotatable bonds is 7. The van der Waals surface area contributed by atoms with Crippen molar-refractivity contribution in [2.45, 2.75) is 39.0 Å². The summed E-state index contributed by atoms with van der Waals surface area (Å²) in [5, 5.41) is 0. The first-order valence-corrected chi connectivity index (χ1v) is 10.8. The van der Waals surface area contributed by atoms with Gasteiger partial charge in [-0.3, -0.25) is 9.69 Å². The fourth-order valence-electron chi connectivity index (χ4n) is 4.52. The van der Waals surface area contributed by atoms with Crippen LogP contribution in [-0.2, 0) is 17.9 Å². The Hall–Kier alpha value is -2.91. The van der Waals surface area contributed by atoms with Crippen molar-refractivity contribution in [3.8, 4) is 0 Å². The smallest absolute Gasteiger partial charge is 0.227 e. The van der Waals surface area contributed by atoms with Gasteiger partial charge in [0.15, 0.2) is 0 Å². The molecule has 154 valence electrons. The second-order valence-electron chi connectivity index (χ2n) is 8.30. The molecule has 1 amide bonds. The number of likely N-dealkylation sites (tertiary alicyclic amines) is 1. The van der Waals surface area contributed by atoms with Crippen LogP contribution in [0.1, 0.15) is 36.6 Å². The Morgan fingerprint density at radius 2 is 1.40 bits per heavy atom. The van der Waals surface area contributed by atoms with Crippen LogP contribution >= 0.6 is 0 Å². The molecule has 1 fully saturated rings. The van der Waals surface area contributed by atoms with Gasteiger partial charge in [0.2, 0.25) is 5.91 Å². The van der Waals surface area contributed by atoms with E-state index in [1.165, 1.54) is 16.7 Å². The van der Waals surface area contributed by atoms with Gasteiger partial charge in [-0.15, -0.1) is 0 Å². The van der Waals surface area contributed by atoms with Crippen LogP contribution in [0.5, 0.6) is 0 Å². The molecule has 0 saturated carbocycles. The Morgan fingerprint density at radius 3 is 2.00 bits per heavy atom. The van der Waals surface area contributed by atoms with E-state index in [1.54, 1.807) is 0 Å². The summed E-state index contributed by atoms with van der Waals surface area (Å²) in [7, 11) is 0. The molecule has 3 heteroatoms. The average Bonchev–Trinajstić information content (AvgIpc) is 3.07. The van der Waals surface area contributed by atoms with Crippen LogP contribution < -0.4 is 0 Å². The molecule has 1 heterocycles. The van der Waals surface area contributed by atoms with E-state index >= 15 is 0 Å². The monoisotopic (exact) mass is 398 g/mol. The van der Waals surface area contributed by atoms with Crippen LogP contribution in [0.3, 0.4) is 0 Å². The predicted octanol–water partition coefficient (Wildman–Crippen LogP) is 5.30. The van der Waals surface area contributed by atoms with Gasteiger partial charge in [-0.2, -0.15) is 0 Å². The van der Waals surface area contributed by atoms with Crippen LogP contribution in [0.25, 0.3) is 0 Å². The minimum atomic E-state index is -0.0245. The van der Waals surface area contributed by atoms with Gasteiger partial charge in [-0.1, -0.05) is 97.9 Å². The quantitative estimate of drug-likeness (QED) is 0.539. The van der Waals surface area contributed by atoms with E-state index in [0.717, 1.165) is 13.1 Å². The summed E-state index contributed by atoms with van der Waals surface area (Å²) in [6.45, 7) is 6.62. The van der Waals surface area contributed by atoms with Crippen molar-refractivity contribution in [2.75, 3.05) is 6.54 Å². The number of hydrogen-bond acceptors (Lipinski definition) is 2. The van der Waals surface area contributed by atoms with Crippen LogP contribution in [0.15, 0.2) is 91.0 Å². The largest absolute Gasteiger partial charge is 0.336 e. The van der Waals surface area contributed by atoms with Crippen molar-refractivity contribution in [3.63, 3.8) is 0 Å². The van der Waals surface area contributed by atoms with Gasteiger partial charge < -0.3 is 4.90 Å². The second-order valence-corrected chi connectivity index (χ2v) is 8.30. The molecular weight excluding hydrogens is 368 g/mol. The molecule has 1 aliphatic rings. The molecule has 3 aromatic rings. The maximum absolute atomic E-state index is 13.1. The van der Waals surface area contributed by atoms with Gasteiger partial charge in [-0.05, 0) is 23.6 Å². The Morgan fingerprint density at radius 1 is 0.867 bits per heavy atom. The van der Waals surface area contributed by atoms with E-state index in [0.29, 0.717) is 6.54 Å². The molecule has 3 aromatic carbocycles. The van der Waals surface area contributed by atoms with Gasteiger partial charge in [0.05, 0.1) is 5.92 Å². The third-order valence-electron chi connectivity index (χ3n) is 6.32. The minimum Gasteiger partial charge on any atom is -0.336 e. The summed E-state index contributed by atoms with van der Waals surface area (Å²) in [5.41, 5.74) is 3.75. The molecule has 0 aromatic heterocycles. The Balaban J connectivity index is 1.60. The van der Waals surface area contributed by atoms with E-state index in [9.17, 15) is 4.79 Å².